The normalized spacial score (nSPS) is 12.2. The molecule has 3 N–H and O–H groups in total. The molecule has 3 rings (SSSR count). The molecule has 1 heterocycles. The average molecular weight is 592 g/mol. The lowest BCUT2D eigenvalue weighted by Crippen LogP contribution is -2.56. The smallest absolute Gasteiger partial charge is 0.295 e. The maximum Gasteiger partial charge on any atom is 0.295 e. The van der Waals surface area contributed by atoms with Crippen molar-refractivity contribution in [3.8, 4) is 5.69 Å². The number of halogens is 4. The third-order valence-corrected chi connectivity index (χ3v) is 6.13. The van der Waals surface area contributed by atoms with Crippen LogP contribution in [0.5, 0.6) is 0 Å². The number of benzene rings is 2. The fraction of sp³-hybridized carbons (Fsp3) is 0.190. The van der Waals surface area contributed by atoms with Crippen molar-refractivity contribution in [2.45, 2.75) is 16.9 Å². The third kappa shape index (κ3) is 6.10. The molecule has 0 saturated heterocycles. The zero-order chi connectivity index (χ0) is 24.3. The largest absolute Gasteiger partial charge is 0.339 e. The van der Waals surface area contributed by atoms with Gasteiger partial charge in [-0.1, -0.05) is 75.0 Å². The van der Waals surface area contributed by atoms with Gasteiger partial charge in [-0.2, -0.15) is 0 Å². The second kappa shape index (κ2) is 10.5. The van der Waals surface area contributed by atoms with Gasteiger partial charge in [-0.15, -0.1) is 0 Å². The number of nitrogens with zero attached hydrogens (tertiary/aromatic N) is 2. The summed E-state index contributed by atoms with van der Waals surface area (Å²) in [6.07, 6.45) is -1.19. The van der Waals surface area contributed by atoms with E-state index in [1.54, 1.807) is 42.9 Å². The summed E-state index contributed by atoms with van der Waals surface area (Å²) in [6.45, 7) is 1.77. The molecule has 174 valence electrons. The average Bonchev–Trinajstić information content (AvgIpc) is 2.96. The van der Waals surface area contributed by atoms with Crippen LogP contribution in [-0.4, -0.2) is 30.3 Å². The lowest BCUT2D eigenvalue weighted by molar-refractivity contribution is 0.0934. The van der Waals surface area contributed by atoms with E-state index in [1.165, 1.54) is 4.68 Å². The van der Waals surface area contributed by atoms with E-state index in [1.807, 2.05) is 30.3 Å². The highest BCUT2D eigenvalue weighted by atomic mass is 79.9. The first-order valence-electron chi connectivity index (χ1n) is 9.53. The predicted octanol–water partition coefficient (Wildman–Crippen LogP) is 4.66. The quantitative estimate of drug-likeness (QED) is 0.229. The SMILES string of the molecule is Cc1c(NC(=S)N[C@H](NC(=O)c2cccc(Br)c2)C(Cl)(Cl)Cl)c(=O)n(-c2ccccc2)n1C. The van der Waals surface area contributed by atoms with Crippen molar-refractivity contribution in [1.29, 1.82) is 0 Å². The van der Waals surface area contributed by atoms with E-state index in [0.29, 0.717) is 16.9 Å². The first kappa shape index (κ1) is 25.6. The molecule has 0 aliphatic rings. The summed E-state index contributed by atoms with van der Waals surface area (Å²) in [5.41, 5.74) is 1.63. The molecule has 0 saturated carbocycles. The number of para-hydroxylation sites is 1. The highest BCUT2D eigenvalue weighted by molar-refractivity contribution is 9.10. The number of thiocarbonyl (C=S) groups is 1. The first-order chi connectivity index (χ1) is 15.5. The van der Waals surface area contributed by atoms with E-state index >= 15 is 0 Å². The van der Waals surface area contributed by atoms with Crippen molar-refractivity contribution in [1.82, 2.24) is 20.0 Å². The summed E-state index contributed by atoms with van der Waals surface area (Å²) in [5, 5.41) is 8.23. The van der Waals surface area contributed by atoms with Gasteiger partial charge in [0.2, 0.25) is 3.79 Å². The van der Waals surface area contributed by atoms with Crippen molar-refractivity contribution < 1.29 is 4.79 Å². The van der Waals surface area contributed by atoms with E-state index in [2.05, 4.69) is 31.9 Å². The molecule has 1 amide bonds. The minimum atomic E-state index is -1.94. The molecular weight excluding hydrogens is 573 g/mol. The highest BCUT2D eigenvalue weighted by Crippen LogP contribution is 2.29. The van der Waals surface area contributed by atoms with Gasteiger partial charge < -0.3 is 16.0 Å². The van der Waals surface area contributed by atoms with Crippen LogP contribution in [0.25, 0.3) is 5.69 Å². The van der Waals surface area contributed by atoms with Gasteiger partial charge in [0.15, 0.2) is 5.11 Å². The molecule has 7 nitrogen and oxygen atoms in total. The van der Waals surface area contributed by atoms with Crippen molar-refractivity contribution in [2.75, 3.05) is 5.32 Å². The maximum absolute atomic E-state index is 13.1. The zero-order valence-corrected chi connectivity index (χ0v) is 22.1. The van der Waals surface area contributed by atoms with Gasteiger partial charge in [-0.3, -0.25) is 14.3 Å². The molecule has 0 fully saturated rings. The van der Waals surface area contributed by atoms with Crippen molar-refractivity contribution in [3.63, 3.8) is 0 Å². The molecular formula is C21H19BrCl3N5O2S. The molecule has 3 aromatic rings. The zero-order valence-electron chi connectivity index (χ0n) is 17.4. The summed E-state index contributed by atoms with van der Waals surface area (Å²) < 4.78 is 1.98. The molecule has 0 aliphatic heterocycles. The topological polar surface area (TPSA) is 80.1 Å². The van der Waals surface area contributed by atoms with Crippen molar-refractivity contribution >= 4 is 79.7 Å². The Balaban J connectivity index is 1.80. The van der Waals surface area contributed by atoms with Crippen LogP contribution in [0.3, 0.4) is 0 Å². The summed E-state index contributed by atoms with van der Waals surface area (Å²) in [7, 11) is 1.76. The number of rotatable bonds is 5. The van der Waals surface area contributed by atoms with Crippen molar-refractivity contribution in [2.24, 2.45) is 7.05 Å². The van der Waals surface area contributed by atoms with Gasteiger partial charge in [0.05, 0.1) is 11.4 Å². The minimum absolute atomic E-state index is 0.00752. The Morgan fingerprint density at radius 3 is 2.36 bits per heavy atom. The molecule has 0 bridgehead atoms. The van der Waals surface area contributed by atoms with Crippen LogP contribution in [0.4, 0.5) is 5.69 Å². The monoisotopic (exact) mass is 589 g/mol. The molecule has 1 atom stereocenters. The lowest BCUT2D eigenvalue weighted by atomic mass is 10.2. The Bertz CT molecular complexity index is 1240. The number of nitrogens with one attached hydrogen (secondary N) is 3. The van der Waals surface area contributed by atoms with Crippen LogP contribution in [0.1, 0.15) is 16.1 Å². The molecule has 0 aliphatic carbocycles. The highest BCUT2D eigenvalue weighted by Gasteiger charge is 2.35. The number of amides is 1. The van der Waals surface area contributed by atoms with Crippen LogP contribution < -0.4 is 21.5 Å². The number of aromatic nitrogens is 2. The Morgan fingerprint density at radius 2 is 1.76 bits per heavy atom. The van der Waals surface area contributed by atoms with E-state index in [-0.39, 0.29) is 16.4 Å². The number of carbonyl (C=O) groups excluding carboxylic acids is 1. The van der Waals surface area contributed by atoms with Gasteiger partial charge in [-0.05, 0) is 49.5 Å². The molecule has 2 aromatic carbocycles. The van der Waals surface area contributed by atoms with Gasteiger partial charge in [0.25, 0.3) is 11.5 Å². The van der Waals surface area contributed by atoms with Gasteiger partial charge in [-0.25, -0.2) is 4.68 Å². The van der Waals surface area contributed by atoms with Crippen molar-refractivity contribution in [3.05, 3.63) is 80.7 Å². The summed E-state index contributed by atoms with van der Waals surface area (Å²) in [5.74, 6) is -0.481. The summed E-state index contributed by atoms with van der Waals surface area (Å²) in [4.78, 5) is 25.7. The van der Waals surface area contributed by atoms with Gasteiger partial charge >= 0.3 is 0 Å². The second-order valence-corrected chi connectivity index (χ2v) is 10.7. The number of carbonyl (C=O) groups is 1. The minimum Gasteiger partial charge on any atom is -0.339 e. The Kier molecular flexibility index (Phi) is 8.13. The molecule has 0 spiro atoms. The number of hydrogen-bond donors (Lipinski definition) is 3. The second-order valence-electron chi connectivity index (χ2n) is 6.99. The standard InChI is InChI=1S/C21H19BrCl3N5O2S/c1-12-16(18(32)30(29(12)2)15-9-4-3-5-10-15)26-20(33)28-19(21(23,24)25)27-17(31)13-7-6-8-14(22)11-13/h3-11,19H,1-2H3,(H,27,31)(H2,26,28,33)/t19-/m0/s1. The molecule has 12 heteroatoms. The Hall–Kier alpha value is -2.04. The molecule has 0 unspecified atom stereocenters. The molecule has 1 aromatic heterocycles. The van der Waals surface area contributed by atoms with Gasteiger partial charge in [0.1, 0.15) is 11.9 Å². The molecule has 0 radical (unpaired) electrons. The number of hydrogen-bond acceptors (Lipinski definition) is 3. The molecule has 33 heavy (non-hydrogen) atoms. The predicted molar refractivity (Wildman–Crippen MR) is 141 cm³/mol. The Morgan fingerprint density at radius 1 is 1.09 bits per heavy atom. The summed E-state index contributed by atoms with van der Waals surface area (Å²) in [6, 6.07) is 15.9. The van der Waals surface area contributed by atoms with Crippen LogP contribution in [0.15, 0.2) is 63.9 Å². The van der Waals surface area contributed by atoms with Crippen LogP contribution in [0, 0.1) is 6.92 Å². The fourth-order valence-electron chi connectivity index (χ4n) is 3.04. The van der Waals surface area contributed by atoms with E-state index in [4.69, 9.17) is 47.0 Å². The van der Waals surface area contributed by atoms with Crippen LogP contribution in [0.2, 0.25) is 0 Å². The van der Waals surface area contributed by atoms with E-state index in [9.17, 15) is 9.59 Å². The third-order valence-electron chi connectivity index (χ3n) is 4.76. The van der Waals surface area contributed by atoms with Gasteiger partial charge in [0, 0.05) is 17.1 Å². The first-order valence-corrected chi connectivity index (χ1v) is 11.9. The number of alkyl halides is 3. The van der Waals surface area contributed by atoms with E-state index in [0.717, 1.165) is 4.47 Å². The Labute approximate surface area is 219 Å². The van der Waals surface area contributed by atoms with E-state index < -0.39 is 15.9 Å². The number of anilines is 1. The fourth-order valence-corrected chi connectivity index (χ4v) is 3.98. The lowest BCUT2D eigenvalue weighted by Gasteiger charge is -2.27. The maximum atomic E-state index is 13.1. The van der Waals surface area contributed by atoms with Crippen LogP contribution >= 0.6 is 63.0 Å². The summed E-state index contributed by atoms with van der Waals surface area (Å²) >= 11 is 26.9. The van der Waals surface area contributed by atoms with Crippen LogP contribution in [-0.2, 0) is 7.05 Å².